The van der Waals surface area contributed by atoms with Crippen LogP contribution in [-0.4, -0.2) is 22.3 Å². The zero-order chi connectivity index (χ0) is 38.2. The van der Waals surface area contributed by atoms with Gasteiger partial charge in [0.15, 0.2) is 0 Å². The summed E-state index contributed by atoms with van der Waals surface area (Å²) in [5.74, 6) is 0.755. The fraction of sp³-hybridized carbons (Fsp3) is 0.500. The van der Waals surface area contributed by atoms with Gasteiger partial charge in [0.2, 0.25) is 0 Å². The van der Waals surface area contributed by atoms with Crippen LogP contribution in [0.2, 0.25) is 0 Å². The Kier molecular flexibility index (Phi) is 11.4. The van der Waals surface area contributed by atoms with E-state index in [0.717, 1.165) is 59.1 Å². The average molecular weight is 703 g/mol. The lowest BCUT2D eigenvalue weighted by molar-refractivity contribution is 0.258. The van der Waals surface area contributed by atoms with Crippen molar-refractivity contribution in [3.63, 3.8) is 0 Å². The third-order valence-corrected chi connectivity index (χ3v) is 11.0. The van der Waals surface area contributed by atoms with Crippen molar-refractivity contribution >= 4 is 0 Å². The van der Waals surface area contributed by atoms with Crippen LogP contribution in [0, 0.1) is 0 Å². The fourth-order valence-electron chi connectivity index (χ4n) is 7.74. The molecule has 0 radical (unpaired) electrons. The standard InChI is InChI=1S/C48H66N2O2/c1-45(2,3)33-27-35(43(51)37(29-33)47(7,8)9)41(31-21-15-13-16-22-31)49-39-25-19-20-26-40(39)50-42(32-23-17-14-18-24-32)36-28-34(46(4,5)6)30-38(44(36)52)48(10,11)12/h13-18,21-24,27-30,39-42,49-52H,19-20,25-26H2,1-12H3/t39-,40-,41-,42+/m1/s1. The SMILES string of the molecule is CC(C)(C)c1cc([C@H](N[C@@H]2CCCC[C@H]2N[C@@H](c2ccccc2)c2cc(C(C)(C)C)cc(C(C)(C)C)c2O)c2ccccc2)c(O)c(C(C)(C)C)c1. The molecule has 1 aliphatic rings. The lowest BCUT2D eigenvalue weighted by Gasteiger charge is -2.39. The van der Waals surface area contributed by atoms with Gasteiger partial charge in [-0.05, 0) is 80.0 Å². The van der Waals surface area contributed by atoms with Gasteiger partial charge in [0.25, 0.3) is 0 Å². The number of hydrogen-bond donors (Lipinski definition) is 4. The van der Waals surface area contributed by atoms with Gasteiger partial charge in [-0.1, -0.05) is 169 Å². The van der Waals surface area contributed by atoms with E-state index in [1.165, 1.54) is 11.1 Å². The van der Waals surface area contributed by atoms with Crippen LogP contribution < -0.4 is 10.6 Å². The lowest BCUT2D eigenvalue weighted by Crippen LogP contribution is -2.52. The number of benzene rings is 4. The predicted molar refractivity (Wildman–Crippen MR) is 220 cm³/mol. The molecule has 4 heteroatoms. The molecule has 0 aliphatic heterocycles. The minimum atomic E-state index is -0.228. The smallest absolute Gasteiger partial charge is 0.124 e. The zero-order valence-corrected chi connectivity index (χ0v) is 34.1. The number of nitrogens with one attached hydrogen (secondary N) is 2. The van der Waals surface area contributed by atoms with Crippen LogP contribution in [0.3, 0.4) is 0 Å². The molecule has 4 nitrogen and oxygen atoms in total. The molecular formula is C48H66N2O2. The molecule has 1 fully saturated rings. The molecule has 4 N–H and O–H groups in total. The summed E-state index contributed by atoms with van der Waals surface area (Å²) in [7, 11) is 0. The first-order chi connectivity index (χ1) is 24.2. The van der Waals surface area contributed by atoms with E-state index >= 15 is 0 Å². The highest BCUT2D eigenvalue weighted by Crippen LogP contribution is 2.44. The second-order valence-corrected chi connectivity index (χ2v) is 19.4. The van der Waals surface area contributed by atoms with Crippen molar-refractivity contribution in [1.29, 1.82) is 0 Å². The first kappa shape index (κ1) is 39.6. The monoisotopic (exact) mass is 703 g/mol. The second kappa shape index (κ2) is 15.0. The number of hydrogen-bond acceptors (Lipinski definition) is 4. The molecule has 4 aromatic carbocycles. The van der Waals surface area contributed by atoms with E-state index < -0.39 is 0 Å². The van der Waals surface area contributed by atoms with Crippen molar-refractivity contribution in [2.75, 3.05) is 0 Å². The van der Waals surface area contributed by atoms with Crippen LogP contribution >= 0.6 is 0 Å². The van der Waals surface area contributed by atoms with Crippen molar-refractivity contribution in [2.24, 2.45) is 0 Å². The van der Waals surface area contributed by atoms with E-state index in [2.05, 4.69) is 179 Å². The van der Waals surface area contributed by atoms with Crippen molar-refractivity contribution in [2.45, 2.75) is 155 Å². The quantitative estimate of drug-likeness (QED) is 0.148. The molecule has 5 rings (SSSR count). The van der Waals surface area contributed by atoms with Gasteiger partial charge in [-0.2, -0.15) is 0 Å². The second-order valence-electron chi connectivity index (χ2n) is 19.4. The molecule has 0 spiro atoms. The Labute approximate surface area is 315 Å². The molecule has 1 aliphatic carbocycles. The summed E-state index contributed by atoms with van der Waals surface area (Å²) in [4.78, 5) is 0. The van der Waals surface area contributed by atoms with Gasteiger partial charge in [0.05, 0.1) is 12.1 Å². The largest absolute Gasteiger partial charge is 0.507 e. The Bertz CT molecular complexity index is 1670. The van der Waals surface area contributed by atoms with Crippen LogP contribution in [0.25, 0.3) is 0 Å². The van der Waals surface area contributed by atoms with E-state index in [-0.39, 0.29) is 45.8 Å². The summed E-state index contributed by atoms with van der Waals surface area (Å²) in [5.41, 5.74) is 7.90. The third-order valence-electron chi connectivity index (χ3n) is 11.0. The Balaban J connectivity index is 1.63. The number of phenolic OH excluding ortho intramolecular Hbond substituents is 2. The average Bonchev–Trinajstić information content (AvgIpc) is 3.06. The van der Waals surface area contributed by atoms with Gasteiger partial charge in [-0.15, -0.1) is 0 Å². The Morgan fingerprint density at radius 1 is 0.481 bits per heavy atom. The van der Waals surface area contributed by atoms with Crippen molar-refractivity contribution in [3.05, 3.63) is 129 Å². The van der Waals surface area contributed by atoms with Gasteiger partial charge in [-0.3, -0.25) is 0 Å². The van der Waals surface area contributed by atoms with Gasteiger partial charge >= 0.3 is 0 Å². The van der Waals surface area contributed by atoms with Crippen LogP contribution in [0.1, 0.15) is 165 Å². The van der Waals surface area contributed by atoms with E-state index in [9.17, 15) is 10.2 Å². The first-order valence-corrected chi connectivity index (χ1v) is 19.5. The summed E-state index contributed by atoms with van der Waals surface area (Å²) in [6.45, 7) is 26.6. The Morgan fingerprint density at radius 3 is 1.10 bits per heavy atom. The highest BCUT2D eigenvalue weighted by molar-refractivity contribution is 5.54. The molecule has 0 aromatic heterocycles. The number of rotatable bonds is 8. The molecule has 52 heavy (non-hydrogen) atoms. The molecule has 4 aromatic rings. The summed E-state index contributed by atoms with van der Waals surface area (Å²) >= 11 is 0. The maximum Gasteiger partial charge on any atom is 0.124 e. The third kappa shape index (κ3) is 8.95. The minimum Gasteiger partial charge on any atom is -0.507 e. The minimum absolute atomic E-state index is 0.0863. The van der Waals surface area contributed by atoms with Gasteiger partial charge < -0.3 is 20.8 Å². The van der Waals surface area contributed by atoms with Gasteiger partial charge in [0.1, 0.15) is 11.5 Å². The van der Waals surface area contributed by atoms with Crippen LogP contribution in [0.5, 0.6) is 11.5 Å². The highest BCUT2D eigenvalue weighted by atomic mass is 16.3. The molecular weight excluding hydrogens is 637 g/mol. The van der Waals surface area contributed by atoms with E-state index in [1.807, 2.05) is 0 Å². The molecule has 0 saturated heterocycles. The van der Waals surface area contributed by atoms with Crippen LogP contribution in [0.15, 0.2) is 84.9 Å². The lowest BCUT2D eigenvalue weighted by atomic mass is 9.77. The Morgan fingerprint density at radius 2 is 0.808 bits per heavy atom. The van der Waals surface area contributed by atoms with Crippen molar-refractivity contribution in [3.8, 4) is 11.5 Å². The first-order valence-electron chi connectivity index (χ1n) is 19.5. The maximum atomic E-state index is 12.1. The number of aromatic hydroxyl groups is 2. The van der Waals surface area contributed by atoms with E-state index in [0.29, 0.717) is 11.5 Å². The summed E-state index contributed by atoms with van der Waals surface area (Å²) in [5, 5.41) is 32.5. The van der Waals surface area contributed by atoms with Crippen LogP contribution in [-0.2, 0) is 21.7 Å². The molecule has 0 heterocycles. The summed E-state index contributed by atoms with van der Waals surface area (Å²) in [6, 6.07) is 29.9. The fourth-order valence-corrected chi connectivity index (χ4v) is 7.74. The molecule has 0 bridgehead atoms. The van der Waals surface area contributed by atoms with Gasteiger partial charge in [0, 0.05) is 23.2 Å². The summed E-state index contributed by atoms with van der Waals surface area (Å²) < 4.78 is 0. The van der Waals surface area contributed by atoms with E-state index in [1.54, 1.807) is 0 Å². The zero-order valence-electron chi connectivity index (χ0n) is 34.1. The molecule has 1 saturated carbocycles. The highest BCUT2D eigenvalue weighted by Gasteiger charge is 2.35. The normalized spacial score (nSPS) is 18.6. The van der Waals surface area contributed by atoms with Crippen LogP contribution in [0.4, 0.5) is 0 Å². The molecule has 4 atom stereocenters. The molecule has 0 unspecified atom stereocenters. The molecule has 280 valence electrons. The number of phenols is 2. The predicted octanol–water partition coefficient (Wildman–Crippen LogP) is 11.7. The van der Waals surface area contributed by atoms with E-state index in [4.69, 9.17) is 0 Å². The Hall–Kier alpha value is -3.60. The maximum absolute atomic E-state index is 12.1. The van der Waals surface area contributed by atoms with Gasteiger partial charge in [-0.25, -0.2) is 0 Å². The van der Waals surface area contributed by atoms with Crippen molar-refractivity contribution in [1.82, 2.24) is 10.6 Å². The topological polar surface area (TPSA) is 64.5 Å². The summed E-state index contributed by atoms with van der Waals surface area (Å²) in [6.07, 6.45) is 4.28. The molecule has 0 amide bonds. The van der Waals surface area contributed by atoms with Crippen molar-refractivity contribution < 1.29 is 10.2 Å².